The zero-order chi connectivity index (χ0) is 19.1. The number of aromatic nitrogens is 2. The largest absolute Gasteiger partial charge is 0.497 e. The van der Waals surface area contributed by atoms with Crippen LogP contribution in [0, 0.1) is 0 Å². The van der Waals surface area contributed by atoms with Gasteiger partial charge in [-0.1, -0.05) is 28.9 Å². The van der Waals surface area contributed by atoms with E-state index < -0.39 is 0 Å². The van der Waals surface area contributed by atoms with E-state index in [2.05, 4.69) is 15.5 Å². The maximum Gasteiger partial charge on any atom is 0.227 e. The maximum absolute atomic E-state index is 12.0. The highest BCUT2D eigenvalue weighted by Gasteiger charge is 2.10. The quantitative estimate of drug-likeness (QED) is 0.639. The molecule has 1 N–H and O–H groups in total. The molecule has 0 unspecified atom stereocenters. The molecule has 0 spiro atoms. The zero-order valence-electron chi connectivity index (χ0n) is 14.9. The molecule has 0 atom stereocenters. The van der Waals surface area contributed by atoms with Crippen molar-refractivity contribution in [3.63, 3.8) is 0 Å². The molecule has 0 fully saturated rings. The molecule has 6 nitrogen and oxygen atoms in total. The van der Waals surface area contributed by atoms with Crippen molar-refractivity contribution in [2.75, 3.05) is 13.7 Å². The minimum absolute atomic E-state index is 0.0517. The number of halogens is 1. The fraction of sp³-hybridized carbons (Fsp3) is 0.250. The van der Waals surface area contributed by atoms with E-state index in [4.69, 9.17) is 20.9 Å². The molecule has 0 aliphatic rings. The number of rotatable bonds is 8. The van der Waals surface area contributed by atoms with E-state index in [0.717, 1.165) is 23.3 Å². The highest BCUT2D eigenvalue weighted by Crippen LogP contribution is 2.19. The SMILES string of the molecule is COc1cccc(CCNC(=O)CCc2nc(-c3ccc(Cl)cc3)no2)c1. The van der Waals surface area contributed by atoms with Crippen LogP contribution in [0.4, 0.5) is 0 Å². The van der Waals surface area contributed by atoms with E-state index in [1.807, 2.05) is 36.4 Å². The Labute approximate surface area is 162 Å². The lowest BCUT2D eigenvalue weighted by Gasteiger charge is -2.06. The van der Waals surface area contributed by atoms with Gasteiger partial charge in [-0.2, -0.15) is 4.98 Å². The fourth-order valence-corrected chi connectivity index (χ4v) is 2.68. The third kappa shape index (κ3) is 5.56. The molecule has 0 saturated carbocycles. The Kier molecular flexibility index (Phi) is 6.44. The number of benzene rings is 2. The highest BCUT2D eigenvalue weighted by atomic mass is 35.5. The van der Waals surface area contributed by atoms with Crippen LogP contribution in [-0.4, -0.2) is 29.7 Å². The van der Waals surface area contributed by atoms with Gasteiger partial charge in [0.1, 0.15) is 5.75 Å². The molecule has 0 bridgehead atoms. The Morgan fingerprint density at radius 3 is 2.78 bits per heavy atom. The first-order chi connectivity index (χ1) is 13.1. The number of amides is 1. The number of ether oxygens (including phenoxy) is 1. The molecule has 3 rings (SSSR count). The van der Waals surface area contributed by atoms with Crippen LogP contribution in [0.2, 0.25) is 5.02 Å². The first-order valence-electron chi connectivity index (χ1n) is 8.62. The topological polar surface area (TPSA) is 77.2 Å². The Balaban J connectivity index is 1.43. The summed E-state index contributed by atoms with van der Waals surface area (Å²) in [4.78, 5) is 16.3. The second kappa shape index (κ2) is 9.19. The number of hydrogen-bond acceptors (Lipinski definition) is 5. The molecule has 0 saturated heterocycles. The molecule has 140 valence electrons. The smallest absolute Gasteiger partial charge is 0.227 e. The summed E-state index contributed by atoms with van der Waals surface area (Å²) in [6.07, 6.45) is 1.43. The summed E-state index contributed by atoms with van der Waals surface area (Å²) in [5, 5.41) is 7.49. The molecule has 27 heavy (non-hydrogen) atoms. The molecule has 0 radical (unpaired) electrons. The molecule has 7 heteroatoms. The number of methoxy groups -OCH3 is 1. The maximum atomic E-state index is 12.0. The van der Waals surface area contributed by atoms with Gasteiger partial charge in [-0.25, -0.2) is 0 Å². The molecule has 1 amide bonds. The van der Waals surface area contributed by atoms with Gasteiger partial charge in [0.05, 0.1) is 7.11 Å². The van der Waals surface area contributed by atoms with Gasteiger partial charge in [-0.15, -0.1) is 0 Å². The molecule has 1 heterocycles. The van der Waals surface area contributed by atoms with Crippen molar-refractivity contribution in [3.8, 4) is 17.1 Å². The summed E-state index contributed by atoms with van der Waals surface area (Å²) in [5.41, 5.74) is 1.93. The summed E-state index contributed by atoms with van der Waals surface area (Å²) in [6.45, 7) is 0.561. The predicted octanol–water partition coefficient (Wildman–Crippen LogP) is 3.69. The van der Waals surface area contributed by atoms with E-state index in [-0.39, 0.29) is 5.91 Å². The van der Waals surface area contributed by atoms with Crippen LogP contribution in [0.3, 0.4) is 0 Å². The number of carbonyl (C=O) groups excluding carboxylic acids is 1. The number of nitrogens with one attached hydrogen (secondary N) is 1. The second-order valence-electron chi connectivity index (χ2n) is 5.97. The lowest BCUT2D eigenvalue weighted by atomic mass is 10.1. The molecular weight excluding hydrogens is 366 g/mol. The van der Waals surface area contributed by atoms with Gasteiger partial charge in [0.2, 0.25) is 17.6 Å². The third-order valence-electron chi connectivity index (χ3n) is 4.01. The van der Waals surface area contributed by atoms with E-state index >= 15 is 0 Å². The average Bonchev–Trinajstić information content (AvgIpc) is 3.16. The van der Waals surface area contributed by atoms with Gasteiger partial charge >= 0.3 is 0 Å². The molecule has 1 aromatic heterocycles. The van der Waals surface area contributed by atoms with Crippen molar-refractivity contribution >= 4 is 17.5 Å². The van der Waals surface area contributed by atoms with E-state index in [1.165, 1.54) is 0 Å². The summed E-state index contributed by atoms with van der Waals surface area (Å²) in [6, 6.07) is 15.0. The zero-order valence-corrected chi connectivity index (χ0v) is 15.7. The van der Waals surface area contributed by atoms with Crippen molar-refractivity contribution in [1.82, 2.24) is 15.5 Å². The molecule has 3 aromatic rings. The van der Waals surface area contributed by atoms with Gasteiger partial charge < -0.3 is 14.6 Å². The van der Waals surface area contributed by atoms with Gasteiger partial charge in [-0.05, 0) is 48.4 Å². The lowest BCUT2D eigenvalue weighted by molar-refractivity contribution is -0.121. The van der Waals surface area contributed by atoms with Crippen molar-refractivity contribution in [2.24, 2.45) is 0 Å². The molecule has 0 aliphatic carbocycles. The van der Waals surface area contributed by atoms with Crippen LogP contribution < -0.4 is 10.1 Å². The van der Waals surface area contributed by atoms with E-state index in [1.54, 1.807) is 19.2 Å². The van der Waals surface area contributed by atoms with Crippen molar-refractivity contribution in [1.29, 1.82) is 0 Å². The van der Waals surface area contributed by atoms with Gasteiger partial charge in [-0.3, -0.25) is 4.79 Å². The van der Waals surface area contributed by atoms with Crippen LogP contribution in [0.15, 0.2) is 53.1 Å². The van der Waals surface area contributed by atoms with Gasteiger partial charge in [0.25, 0.3) is 0 Å². The van der Waals surface area contributed by atoms with Crippen LogP contribution >= 0.6 is 11.6 Å². The standard InChI is InChI=1S/C20H20ClN3O3/c1-26-17-4-2-3-14(13-17)11-12-22-18(25)9-10-19-23-20(24-27-19)15-5-7-16(21)8-6-15/h2-8,13H,9-12H2,1H3,(H,22,25). The van der Waals surface area contributed by atoms with Crippen LogP contribution in [0.5, 0.6) is 5.75 Å². The van der Waals surface area contributed by atoms with Gasteiger partial charge in [0.15, 0.2) is 0 Å². The summed E-state index contributed by atoms with van der Waals surface area (Å²) in [5.74, 6) is 1.68. The minimum Gasteiger partial charge on any atom is -0.497 e. The molecule has 2 aromatic carbocycles. The normalized spacial score (nSPS) is 10.6. The number of aryl methyl sites for hydroxylation is 1. The number of nitrogens with zero attached hydrogens (tertiary/aromatic N) is 2. The predicted molar refractivity (Wildman–Crippen MR) is 103 cm³/mol. The monoisotopic (exact) mass is 385 g/mol. The van der Waals surface area contributed by atoms with Crippen molar-refractivity contribution in [3.05, 3.63) is 65.0 Å². The first kappa shape index (κ1) is 18.9. The summed E-state index contributed by atoms with van der Waals surface area (Å²) >= 11 is 5.87. The van der Waals surface area contributed by atoms with Crippen LogP contribution in [-0.2, 0) is 17.6 Å². The Morgan fingerprint density at radius 1 is 1.19 bits per heavy atom. The fourth-order valence-electron chi connectivity index (χ4n) is 2.56. The summed E-state index contributed by atoms with van der Waals surface area (Å²) < 4.78 is 10.4. The summed E-state index contributed by atoms with van der Waals surface area (Å²) in [7, 11) is 1.64. The number of hydrogen-bond donors (Lipinski definition) is 1. The average molecular weight is 386 g/mol. The van der Waals surface area contributed by atoms with E-state index in [9.17, 15) is 4.79 Å². The molecular formula is C20H20ClN3O3. The minimum atomic E-state index is -0.0517. The Bertz CT molecular complexity index is 893. The number of carbonyl (C=O) groups is 1. The second-order valence-corrected chi connectivity index (χ2v) is 6.41. The molecule has 0 aliphatic heterocycles. The lowest BCUT2D eigenvalue weighted by Crippen LogP contribution is -2.25. The van der Waals surface area contributed by atoms with Gasteiger partial charge in [0, 0.05) is 30.0 Å². The Morgan fingerprint density at radius 2 is 2.00 bits per heavy atom. The van der Waals surface area contributed by atoms with Crippen LogP contribution in [0.25, 0.3) is 11.4 Å². The first-order valence-corrected chi connectivity index (χ1v) is 9.00. The Hall–Kier alpha value is -2.86. The third-order valence-corrected chi connectivity index (χ3v) is 4.26. The van der Waals surface area contributed by atoms with Crippen LogP contribution in [0.1, 0.15) is 17.9 Å². The van der Waals surface area contributed by atoms with Crippen molar-refractivity contribution in [2.45, 2.75) is 19.3 Å². The highest BCUT2D eigenvalue weighted by molar-refractivity contribution is 6.30. The van der Waals surface area contributed by atoms with E-state index in [0.29, 0.717) is 36.1 Å². The van der Waals surface area contributed by atoms with Crippen molar-refractivity contribution < 1.29 is 14.1 Å².